The SMILES string of the molecule is CC1(C)CCSCC1Nc1c(Cl)cc(Br)cc1Cl. The molecule has 1 atom stereocenters. The van der Waals surface area contributed by atoms with E-state index < -0.39 is 0 Å². The molecule has 0 amide bonds. The maximum atomic E-state index is 6.26. The summed E-state index contributed by atoms with van der Waals surface area (Å²) in [4.78, 5) is 0. The second kappa shape index (κ2) is 5.82. The summed E-state index contributed by atoms with van der Waals surface area (Å²) >= 11 is 17.9. The molecule has 1 aromatic rings. The summed E-state index contributed by atoms with van der Waals surface area (Å²) in [6, 6.07) is 4.14. The van der Waals surface area contributed by atoms with Crippen molar-refractivity contribution < 1.29 is 0 Å². The summed E-state index contributed by atoms with van der Waals surface area (Å²) in [6.45, 7) is 4.59. The van der Waals surface area contributed by atoms with Crippen LogP contribution in [-0.2, 0) is 0 Å². The fourth-order valence-corrected chi connectivity index (χ4v) is 4.95. The first-order chi connectivity index (χ1) is 8.40. The van der Waals surface area contributed by atoms with E-state index in [9.17, 15) is 0 Å². The van der Waals surface area contributed by atoms with E-state index in [4.69, 9.17) is 23.2 Å². The number of halogens is 3. The number of hydrogen-bond acceptors (Lipinski definition) is 2. The molecular weight excluding hydrogens is 353 g/mol. The largest absolute Gasteiger partial charge is 0.379 e. The average molecular weight is 369 g/mol. The van der Waals surface area contributed by atoms with Gasteiger partial charge in [-0.15, -0.1) is 0 Å². The predicted octanol–water partition coefficient (Wildman–Crippen LogP) is 5.70. The Hall–Kier alpha value is 0.430. The molecule has 1 N–H and O–H groups in total. The number of thioether (sulfide) groups is 1. The van der Waals surface area contributed by atoms with Gasteiger partial charge in [-0.25, -0.2) is 0 Å². The van der Waals surface area contributed by atoms with Gasteiger partial charge in [0.25, 0.3) is 0 Å². The second-order valence-corrected chi connectivity index (χ2v) is 8.13. The van der Waals surface area contributed by atoms with Gasteiger partial charge in [0.2, 0.25) is 0 Å². The Morgan fingerprint density at radius 3 is 2.50 bits per heavy atom. The van der Waals surface area contributed by atoms with Crippen LogP contribution in [0.4, 0.5) is 5.69 Å². The highest BCUT2D eigenvalue weighted by molar-refractivity contribution is 9.10. The first-order valence-corrected chi connectivity index (χ1v) is 8.59. The number of hydrogen-bond donors (Lipinski definition) is 1. The molecule has 1 aliphatic heterocycles. The number of benzene rings is 1. The van der Waals surface area contributed by atoms with Gasteiger partial charge >= 0.3 is 0 Å². The fourth-order valence-electron chi connectivity index (χ4n) is 2.03. The van der Waals surface area contributed by atoms with Crippen LogP contribution in [0.2, 0.25) is 10.0 Å². The van der Waals surface area contributed by atoms with Crippen molar-refractivity contribution in [2.75, 3.05) is 16.8 Å². The van der Waals surface area contributed by atoms with E-state index >= 15 is 0 Å². The van der Waals surface area contributed by atoms with E-state index in [1.807, 2.05) is 23.9 Å². The van der Waals surface area contributed by atoms with Crippen LogP contribution >= 0.6 is 50.9 Å². The van der Waals surface area contributed by atoms with Crippen LogP contribution in [0.15, 0.2) is 16.6 Å². The van der Waals surface area contributed by atoms with Crippen molar-refractivity contribution in [3.05, 3.63) is 26.7 Å². The van der Waals surface area contributed by atoms with Crippen LogP contribution in [0, 0.1) is 5.41 Å². The Balaban J connectivity index is 2.23. The zero-order valence-corrected chi connectivity index (χ0v) is 14.3. The Bertz CT molecular complexity index is 428. The lowest BCUT2D eigenvalue weighted by molar-refractivity contribution is 0.305. The lowest BCUT2D eigenvalue weighted by atomic mass is 9.82. The van der Waals surface area contributed by atoms with Crippen LogP contribution in [0.1, 0.15) is 20.3 Å². The standard InChI is InChI=1S/C13H16BrCl2NS/c1-13(2)3-4-18-7-11(13)17-12-9(15)5-8(14)6-10(12)16/h5-6,11,17H,3-4,7H2,1-2H3. The first kappa shape index (κ1) is 14.8. The van der Waals surface area contributed by atoms with E-state index in [1.54, 1.807) is 0 Å². The van der Waals surface area contributed by atoms with Crippen molar-refractivity contribution in [2.24, 2.45) is 5.41 Å². The van der Waals surface area contributed by atoms with Crippen LogP contribution in [0.5, 0.6) is 0 Å². The van der Waals surface area contributed by atoms with Gasteiger partial charge in [0, 0.05) is 16.3 Å². The Kier molecular flexibility index (Phi) is 4.80. The molecular formula is C13H16BrCl2NS. The van der Waals surface area contributed by atoms with Crippen molar-refractivity contribution in [2.45, 2.75) is 26.3 Å². The zero-order chi connectivity index (χ0) is 13.3. The van der Waals surface area contributed by atoms with Gasteiger partial charge in [-0.1, -0.05) is 53.0 Å². The minimum Gasteiger partial charge on any atom is -0.379 e. The Morgan fingerprint density at radius 2 is 1.94 bits per heavy atom. The maximum absolute atomic E-state index is 6.26. The molecule has 1 heterocycles. The third-order valence-corrected chi connectivity index (χ3v) is 5.56. The lowest BCUT2D eigenvalue weighted by Crippen LogP contribution is -2.41. The fraction of sp³-hybridized carbons (Fsp3) is 0.538. The van der Waals surface area contributed by atoms with Gasteiger partial charge in [0.1, 0.15) is 0 Å². The van der Waals surface area contributed by atoms with Crippen molar-refractivity contribution in [1.29, 1.82) is 0 Å². The minimum absolute atomic E-state index is 0.269. The summed E-state index contributed by atoms with van der Waals surface area (Å²) in [5.74, 6) is 2.32. The van der Waals surface area contributed by atoms with E-state index in [2.05, 4.69) is 35.1 Å². The molecule has 1 nitrogen and oxygen atoms in total. The van der Waals surface area contributed by atoms with Crippen LogP contribution in [0.25, 0.3) is 0 Å². The summed E-state index contributed by atoms with van der Waals surface area (Å²) in [6.07, 6.45) is 1.21. The van der Waals surface area contributed by atoms with Crippen molar-refractivity contribution in [3.8, 4) is 0 Å². The van der Waals surface area contributed by atoms with Crippen LogP contribution < -0.4 is 5.32 Å². The van der Waals surface area contributed by atoms with Gasteiger partial charge in [0.05, 0.1) is 15.7 Å². The van der Waals surface area contributed by atoms with Gasteiger partial charge in [-0.3, -0.25) is 0 Å². The Labute approximate surface area is 131 Å². The molecule has 1 aromatic carbocycles. The highest BCUT2D eigenvalue weighted by atomic mass is 79.9. The molecule has 2 rings (SSSR count). The van der Waals surface area contributed by atoms with Gasteiger partial charge in [-0.2, -0.15) is 11.8 Å². The average Bonchev–Trinajstić information content (AvgIpc) is 2.24. The topological polar surface area (TPSA) is 12.0 Å². The van der Waals surface area contributed by atoms with E-state index in [-0.39, 0.29) is 5.41 Å². The van der Waals surface area contributed by atoms with Gasteiger partial charge < -0.3 is 5.32 Å². The predicted molar refractivity (Wildman–Crippen MR) is 87.3 cm³/mol. The maximum Gasteiger partial charge on any atom is 0.0722 e. The number of rotatable bonds is 2. The third-order valence-electron chi connectivity index (χ3n) is 3.44. The highest BCUT2D eigenvalue weighted by Gasteiger charge is 2.33. The molecule has 1 saturated heterocycles. The smallest absolute Gasteiger partial charge is 0.0722 e. The normalized spacial score (nSPS) is 22.8. The molecule has 1 aliphatic rings. The molecule has 18 heavy (non-hydrogen) atoms. The second-order valence-electron chi connectivity index (χ2n) is 5.25. The summed E-state index contributed by atoms with van der Waals surface area (Å²) < 4.78 is 0.903. The molecule has 0 aromatic heterocycles. The molecule has 1 unspecified atom stereocenters. The summed E-state index contributed by atoms with van der Waals surface area (Å²) in [7, 11) is 0. The molecule has 100 valence electrons. The van der Waals surface area contributed by atoms with Crippen molar-refractivity contribution >= 4 is 56.6 Å². The minimum atomic E-state index is 0.269. The van der Waals surface area contributed by atoms with E-state index in [0.29, 0.717) is 16.1 Å². The molecule has 0 spiro atoms. The van der Waals surface area contributed by atoms with Crippen LogP contribution in [0.3, 0.4) is 0 Å². The Morgan fingerprint density at radius 1 is 1.33 bits per heavy atom. The van der Waals surface area contributed by atoms with Crippen molar-refractivity contribution in [1.82, 2.24) is 0 Å². The summed E-state index contributed by atoms with van der Waals surface area (Å²) in [5.41, 5.74) is 1.12. The van der Waals surface area contributed by atoms with Crippen molar-refractivity contribution in [3.63, 3.8) is 0 Å². The molecule has 0 saturated carbocycles. The van der Waals surface area contributed by atoms with E-state index in [0.717, 1.165) is 15.9 Å². The van der Waals surface area contributed by atoms with Gasteiger partial charge in [0.15, 0.2) is 0 Å². The number of nitrogens with one attached hydrogen (secondary N) is 1. The first-order valence-electron chi connectivity index (χ1n) is 5.89. The quantitative estimate of drug-likeness (QED) is 0.718. The number of anilines is 1. The molecule has 0 radical (unpaired) electrons. The molecule has 0 aliphatic carbocycles. The zero-order valence-electron chi connectivity index (χ0n) is 10.4. The lowest BCUT2D eigenvalue weighted by Gasteiger charge is -2.39. The monoisotopic (exact) mass is 367 g/mol. The van der Waals surface area contributed by atoms with Gasteiger partial charge in [-0.05, 0) is 29.7 Å². The molecule has 0 bridgehead atoms. The van der Waals surface area contributed by atoms with Crippen LogP contribution in [-0.4, -0.2) is 17.5 Å². The molecule has 5 heteroatoms. The highest BCUT2D eigenvalue weighted by Crippen LogP contribution is 2.40. The van der Waals surface area contributed by atoms with E-state index in [1.165, 1.54) is 12.2 Å². The third kappa shape index (κ3) is 3.30. The molecule has 1 fully saturated rings. The summed E-state index contributed by atoms with van der Waals surface area (Å²) in [5, 5.41) is 4.86.